The van der Waals surface area contributed by atoms with E-state index < -0.39 is 16.1 Å². The molecule has 2 heterocycles. The molecule has 5 rings (SSSR count). The summed E-state index contributed by atoms with van der Waals surface area (Å²) in [5.41, 5.74) is 1.08. The summed E-state index contributed by atoms with van der Waals surface area (Å²) in [6.45, 7) is 0.349. The van der Waals surface area contributed by atoms with Gasteiger partial charge >= 0.3 is 0 Å². The van der Waals surface area contributed by atoms with Gasteiger partial charge in [0.2, 0.25) is 15.9 Å². The molecule has 0 bridgehead atoms. The SMILES string of the molecule is O=C(Nc1nc2c(s1)CCCC2)[C@@H]1CCCN1S(=O)(=O)c1ccc2ccccc2c1. The monoisotopic (exact) mass is 441 g/mol. The van der Waals surface area contributed by atoms with Crippen LogP contribution in [0.4, 0.5) is 5.13 Å². The Hall–Kier alpha value is -2.29. The van der Waals surface area contributed by atoms with Crippen molar-refractivity contribution >= 4 is 43.2 Å². The third-order valence-electron chi connectivity index (χ3n) is 5.91. The number of aryl methyl sites for hydroxylation is 2. The molecule has 3 aromatic rings. The van der Waals surface area contributed by atoms with Crippen LogP contribution in [0.3, 0.4) is 0 Å². The minimum atomic E-state index is -3.76. The number of benzene rings is 2. The highest BCUT2D eigenvalue weighted by Gasteiger charge is 2.39. The maximum atomic E-state index is 13.3. The standard InChI is InChI=1S/C22H23N3O3S2/c26-21(24-22-23-18-8-3-4-10-20(18)29-22)19-9-5-13-25(19)30(27,28)17-12-11-15-6-1-2-7-16(15)14-17/h1-2,6-7,11-12,14,19H,3-5,8-10,13H2,(H,23,24,26)/t19-/m0/s1. The highest BCUT2D eigenvalue weighted by atomic mass is 32.2. The number of rotatable bonds is 4. The van der Waals surface area contributed by atoms with Crippen molar-refractivity contribution in [2.24, 2.45) is 0 Å². The molecule has 2 aromatic carbocycles. The van der Waals surface area contributed by atoms with Gasteiger partial charge in [0.1, 0.15) is 6.04 Å². The van der Waals surface area contributed by atoms with Crippen LogP contribution in [0.2, 0.25) is 0 Å². The van der Waals surface area contributed by atoms with Crippen molar-refractivity contribution in [3.63, 3.8) is 0 Å². The summed E-state index contributed by atoms with van der Waals surface area (Å²) in [5.74, 6) is -0.289. The zero-order chi connectivity index (χ0) is 20.7. The van der Waals surface area contributed by atoms with E-state index in [1.165, 1.54) is 20.5 Å². The average molecular weight is 442 g/mol. The topological polar surface area (TPSA) is 79.4 Å². The lowest BCUT2D eigenvalue weighted by atomic mass is 10.0. The molecule has 1 fully saturated rings. The van der Waals surface area contributed by atoms with Crippen molar-refractivity contribution in [1.82, 2.24) is 9.29 Å². The first-order valence-electron chi connectivity index (χ1n) is 10.3. The Bertz CT molecular complexity index is 1200. The number of aromatic nitrogens is 1. The summed E-state index contributed by atoms with van der Waals surface area (Å²) in [7, 11) is -3.76. The van der Waals surface area contributed by atoms with Crippen LogP contribution in [-0.4, -0.2) is 36.2 Å². The highest BCUT2D eigenvalue weighted by molar-refractivity contribution is 7.89. The number of sulfonamides is 1. The summed E-state index contributed by atoms with van der Waals surface area (Å²) >= 11 is 1.52. The van der Waals surface area contributed by atoms with E-state index in [-0.39, 0.29) is 10.8 Å². The van der Waals surface area contributed by atoms with Crippen molar-refractivity contribution in [2.45, 2.75) is 49.5 Å². The van der Waals surface area contributed by atoms with Gasteiger partial charge in [-0.25, -0.2) is 13.4 Å². The molecule has 0 saturated carbocycles. The van der Waals surface area contributed by atoms with Gasteiger partial charge in [0.15, 0.2) is 5.13 Å². The average Bonchev–Trinajstić information content (AvgIpc) is 3.40. The Kier molecular flexibility index (Phi) is 5.08. The van der Waals surface area contributed by atoms with Crippen molar-refractivity contribution in [3.05, 3.63) is 53.0 Å². The van der Waals surface area contributed by atoms with Gasteiger partial charge in [0.05, 0.1) is 10.6 Å². The Balaban J connectivity index is 1.39. The molecule has 156 valence electrons. The van der Waals surface area contributed by atoms with E-state index in [0.717, 1.165) is 42.1 Å². The van der Waals surface area contributed by atoms with Gasteiger partial charge in [-0.2, -0.15) is 4.31 Å². The summed E-state index contributed by atoms with van der Waals surface area (Å²) < 4.78 is 28.0. The van der Waals surface area contributed by atoms with E-state index in [9.17, 15) is 13.2 Å². The molecule has 1 aromatic heterocycles. The van der Waals surface area contributed by atoms with Crippen LogP contribution in [0.15, 0.2) is 47.4 Å². The number of thiazole rings is 1. The van der Waals surface area contributed by atoms with Crippen LogP contribution in [0.25, 0.3) is 10.8 Å². The lowest BCUT2D eigenvalue weighted by molar-refractivity contribution is -0.119. The Morgan fingerprint density at radius 2 is 1.87 bits per heavy atom. The van der Waals surface area contributed by atoms with Gasteiger partial charge in [0, 0.05) is 11.4 Å². The zero-order valence-electron chi connectivity index (χ0n) is 16.5. The van der Waals surface area contributed by atoms with Gasteiger partial charge in [0.25, 0.3) is 0 Å². The molecule has 1 saturated heterocycles. The second kappa shape index (κ2) is 7.76. The third kappa shape index (κ3) is 3.53. The number of carbonyl (C=O) groups excluding carboxylic acids is 1. The maximum absolute atomic E-state index is 13.3. The van der Waals surface area contributed by atoms with E-state index in [1.807, 2.05) is 30.3 Å². The molecule has 1 aliphatic carbocycles. The van der Waals surface area contributed by atoms with Gasteiger partial charge in [-0.3, -0.25) is 4.79 Å². The molecule has 0 unspecified atom stereocenters. The normalized spacial score (nSPS) is 19.7. The van der Waals surface area contributed by atoms with Crippen LogP contribution in [0.1, 0.15) is 36.3 Å². The molecular weight excluding hydrogens is 418 g/mol. The Morgan fingerprint density at radius 1 is 1.07 bits per heavy atom. The molecule has 1 N–H and O–H groups in total. The fourth-order valence-electron chi connectivity index (χ4n) is 4.35. The van der Waals surface area contributed by atoms with Crippen molar-refractivity contribution in [3.8, 4) is 0 Å². The van der Waals surface area contributed by atoms with Crippen LogP contribution >= 0.6 is 11.3 Å². The summed E-state index contributed by atoms with van der Waals surface area (Å²) in [4.78, 5) is 19.0. The van der Waals surface area contributed by atoms with E-state index >= 15 is 0 Å². The van der Waals surface area contributed by atoms with E-state index in [2.05, 4.69) is 10.3 Å². The second-order valence-corrected chi connectivity index (χ2v) is 10.8. The molecule has 2 aliphatic rings. The quantitative estimate of drug-likeness (QED) is 0.664. The number of hydrogen-bond acceptors (Lipinski definition) is 5. The molecule has 1 atom stereocenters. The van der Waals surface area contributed by atoms with Gasteiger partial charge in [-0.05, 0) is 61.4 Å². The van der Waals surface area contributed by atoms with Crippen molar-refractivity contribution in [1.29, 1.82) is 0 Å². The van der Waals surface area contributed by atoms with Gasteiger partial charge in [-0.1, -0.05) is 30.3 Å². The molecule has 1 aliphatic heterocycles. The highest BCUT2D eigenvalue weighted by Crippen LogP contribution is 2.32. The van der Waals surface area contributed by atoms with Crippen LogP contribution in [0, 0.1) is 0 Å². The molecule has 30 heavy (non-hydrogen) atoms. The zero-order valence-corrected chi connectivity index (χ0v) is 18.1. The molecule has 0 spiro atoms. The smallest absolute Gasteiger partial charge is 0.244 e. The minimum absolute atomic E-state index is 0.227. The van der Waals surface area contributed by atoms with Crippen molar-refractivity contribution < 1.29 is 13.2 Å². The number of carbonyl (C=O) groups is 1. The predicted molar refractivity (Wildman–Crippen MR) is 118 cm³/mol. The van der Waals surface area contributed by atoms with E-state index in [4.69, 9.17) is 0 Å². The number of fused-ring (bicyclic) bond motifs is 2. The number of nitrogens with one attached hydrogen (secondary N) is 1. The summed E-state index contributed by atoms with van der Waals surface area (Å²) in [6.07, 6.45) is 5.43. The first-order valence-corrected chi connectivity index (χ1v) is 12.6. The van der Waals surface area contributed by atoms with Crippen molar-refractivity contribution in [2.75, 3.05) is 11.9 Å². The van der Waals surface area contributed by atoms with E-state index in [0.29, 0.717) is 24.5 Å². The molecule has 8 heteroatoms. The minimum Gasteiger partial charge on any atom is -0.301 e. The molecule has 1 amide bonds. The fourth-order valence-corrected chi connectivity index (χ4v) is 7.09. The Morgan fingerprint density at radius 3 is 2.70 bits per heavy atom. The first kappa shape index (κ1) is 19.7. The summed E-state index contributed by atoms with van der Waals surface area (Å²) in [6, 6.07) is 12.1. The van der Waals surface area contributed by atoms with Crippen LogP contribution in [-0.2, 0) is 27.7 Å². The lowest BCUT2D eigenvalue weighted by Gasteiger charge is -2.23. The number of anilines is 1. The summed E-state index contributed by atoms with van der Waals surface area (Å²) in [5, 5.41) is 5.33. The molecule has 6 nitrogen and oxygen atoms in total. The van der Waals surface area contributed by atoms with Gasteiger partial charge < -0.3 is 5.32 Å². The number of amides is 1. The lowest BCUT2D eigenvalue weighted by Crippen LogP contribution is -2.43. The number of nitrogens with zero attached hydrogens (tertiary/aromatic N) is 2. The maximum Gasteiger partial charge on any atom is 0.244 e. The van der Waals surface area contributed by atoms with Gasteiger partial charge in [-0.15, -0.1) is 11.3 Å². The fraction of sp³-hybridized carbons (Fsp3) is 0.364. The Labute approximate surface area is 180 Å². The first-order chi connectivity index (χ1) is 14.5. The molecule has 0 radical (unpaired) electrons. The number of hydrogen-bond donors (Lipinski definition) is 1. The predicted octanol–water partition coefficient (Wildman–Crippen LogP) is 3.97. The largest absolute Gasteiger partial charge is 0.301 e. The molecular formula is C22H23N3O3S2. The second-order valence-electron chi connectivity index (χ2n) is 7.87. The van der Waals surface area contributed by atoms with Crippen LogP contribution < -0.4 is 5.32 Å². The third-order valence-corrected chi connectivity index (χ3v) is 8.89. The van der Waals surface area contributed by atoms with Crippen LogP contribution in [0.5, 0.6) is 0 Å². The van der Waals surface area contributed by atoms with E-state index in [1.54, 1.807) is 12.1 Å².